The number of alkyl halides is 2. The molecule has 2 amide bonds. The van der Waals surface area contributed by atoms with Crippen molar-refractivity contribution in [2.75, 3.05) is 43.0 Å². The molecule has 8 nitrogen and oxygen atoms in total. The molecule has 0 bridgehead atoms. The third-order valence-electron chi connectivity index (χ3n) is 7.31. The number of likely N-dealkylation sites (tertiary alicyclic amines) is 1. The first kappa shape index (κ1) is 26.1. The van der Waals surface area contributed by atoms with Crippen molar-refractivity contribution >= 4 is 40.6 Å². The van der Waals surface area contributed by atoms with Crippen LogP contribution in [0.15, 0.2) is 30.3 Å². The number of fused-ring (bicyclic) bond motifs is 1. The van der Waals surface area contributed by atoms with Crippen LogP contribution in [0, 0.1) is 0 Å². The van der Waals surface area contributed by atoms with Gasteiger partial charge in [0.15, 0.2) is 0 Å². The third kappa shape index (κ3) is 5.52. The molecule has 37 heavy (non-hydrogen) atoms. The van der Waals surface area contributed by atoms with Crippen LogP contribution in [0.5, 0.6) is 11.5 Å². The average molecular weight is 557 g/mol. The fraction of sp³-hybridized carbons (Fsp3) is 0.480. The normalized spacial score (nSPS) is 22.8. The lowest BCUT2D eigenvalue weighted by atomic mass is 9.86. The van der Waals surface area contributed by atoms with Crippen LogP contribution in [0.4, 0.5) is 25.0 Å². The molecule has 4 N–H and O–H groups in total. The number of carbonyl (C=O) groups excluding carboxylic acids is 1. The highest BCUT2D eigenvalue weighted by atomic mass is 35.5. The number of ether oxygens (including phenoxy) is 2. The van der Waals surface area contributed by atoms with Crippen molar-refractivity contribution in [2.24, 2.45) is 5.73 Å². The molecule has 3 aliphatic rings. The fourth-order valence-electron chi connectivity index (χ4n) is 5.57. The van der Waals surface area contributed by atoms with E-state index in [1.54, 1.807) is 0 Å². The van der Waals surface area contributed by atoms with E-state index in [-0.39, 0.29) is 29.0 Å². The number of hydrogen-bond acceptors (Lipinski definition) is 6. The Labute approximate surface area is 223 Å². The molecule has 2 unspecified atom stereocenters. The molecule has 0 aliphatic carbocycles. The summed E-state index contributed by atoms with van der Waals surface area (Å²) < 4.78 is 36.9. The van der Waals surface area contributed by atoms with Gasteiger partial charge in [-0.15, -0.1) is 0 Å². The molecule has 3 aliphatic heterocycles. The Bertz CT molecular complexity index is 1180. The molecule has 2 atom stereocenters. The summed E-state index contributed by atoms with van der Waals surface area (Å²) in [7, 11) is 0. The number of anilines is 2. The van der Waals surface area contributed by atoms with Crippen LogP contribution in [0.1, 0.15) is 18.4 Å². The minimum Gasteiger partial charge on any atom is -0.487 e. The number of rotatable bonds is 6. The molecule has 1 spiro atoms. The van der Waals surface area contributed by atoms with Gasteiger partial charge in [0.05, 0.1) is 28.5 Å². The van der Waals surface area contributed by atoms with Crippen molar-refractivity contribution in [1.82, 2.24) is 4.90 Å². The number of urea groups is 1. The van der Waals surface area contributed by atoms with Crippen molar-refractivity contribution in [3.05, 3.63) is 45.9 Å². The Kier molecular flexibility index (Phi) is 7.28. The van der Waals surface area contributed by atoms with E-state index < -0.39 is 25.2 Å². The van der Waals surface area contributed by atoms with E-state index in [0.717, 1.165) is 43.7 Å². The van der Waals surface area contributed by atoms with Crippen LogP contribution in [0.2, 0.25) is 10.0 Å². The molecule has 0 radical (unpaired) electrons. The second kappa shape index (κ2) is 10.3. The van der Waals surface area contributed by atoms with Gasteiger partial charge in [0, 0.05) is 56.5 Å². The summed E-state index contributed by atoms with van der Waals surface area (Å²) in [5.41, 5.74) is 6.97. The molecule has 5 rings (SSSR count). The van der Waals surface area contributed by atoms with E-state index in [9.17, 15) is 18.7 Å². The number of amides is 2. The Balaban J connectivity index is 1.29. The van der Waals surface area contributed by atoms with Crippen molar-refractivity contribution in [2.45, 2.75) is 43.4 Å². The molecule has 200 valence electrons. The summed E-state index contributed by atoms with van der Waals surface area (Å²) in [6.07, 6.45) is -0.911. The van der Waals surface area contributed by atoms with Crippen LogP contribution in [0.3, 0.4) is 0 Å². The summed E-state index contributed by atoms with van der Waals surface area (Å²) in [5.74, 6) is 0.940. The lowest BCUT2D eigenvalue weighted by molar-refractivity contribution is -0.0107. The van der Waals surface area contributed by atoms with E-state index in [2.05, 4.69) is 10.2 Å². The zero-order chi connectivity index (χ0) is 26.3. The van der Waals surface area contributed by atoms with Crippen molar-refractivity contribution in [1.29, 1.82) is 0 Å². The highest BCUT2D eigenvalue weighted by Gasteiger charge is 2.45. The van der Waals surface area contributed by atoms with Crippen LogP contribution in [0.25, 0.3) is 0 Å². The van der Waals surface area contributed by atoms with Crippen molar-refractivity contribution < 1.29 is 28.2 Å². The van der Waals surface area contributed by atoms with Gasteiger partial charge in [-0.25, -0.2) is 13.6 Å². The second-order valence-electron chi connectivity index (χ2n) is 9.78. The molecule has 0 saturated carbocycles. The monoisotopic (exact) mass is 556 g/mol. The van der Waals surface area contributed by atoms with Gasteiger partial charge in [-0.05, 0) is 29.8 Å². The number of carbonyl (C=O) groups is 1. The van der Waals surface area contributed by atoms with Gasteiger partial charge in [0.2, 0.25) is 0 Å². The van der Waals surface area contributed by atoms with Crippen LogP contribution in [-0.2, 0) is 6.42 Å². The van der Waals surface area contributed by atoms with Crippen LogP contribution in [-0.4, -0.2) is 73.0 Å². The number of aliphatic hydroxyl groups excluding tert-OH is 1. The summed E-state index contributed by atoms with van der Waals surface area (Å²) >= 11 is 12.4. The maximum absolute atomic E-state index is 12.7. The van der Waals surface area contributed by atoms with Crippen LogP contribution < -0.4 is 25.4 Å². The first-order chi connectivity index (χ1) is 17.6. The number of piperidine rings is 1. The molecule has 2 aromatic rings. The van der Waals surface area contributed by atoms with Gasteiger partial charge < -0.3 is 30.5 Å². The van der Waals surface area contributed by atoms with Crippen LogP contribution >= 0.6 is 23.2 Å². The molecular formula is C25H28Cl2F2N4O4. The SMILES string of the molecule is NC(=O)Nc1cc(Cl)c(OCC(F)F)cc1N1CC(O)C(N2CCC3(CC2)Cc2cc(Cl)ccc2O3)C1. The maximum Gasteiger partial charge on any atom is 0.316 e. The lowest BCUT2D eigenvalue weighted by Crippen LogP contribution is -2.53. The van der Waals surface area contributed by atoms with E-state index in [1.807, 2.05) is 23.1 Å². The number of primary amides is 1. The number of nitrogens with zero attached hydrogens (tertiary/aromatic N) is 2. The average Bonchev–Trinajstić information content (AvgIpc) is 3.38. The molecule has 12 heteroatoms. The number of β-amino-alcohol motifs (C(OH)–C–C–N with tert-alkyl or cyclic N) is 1. The summed E-state index contributed by atoms with van der Waals surface area (Å²) in [5, 5.41) is 14.3. The lowest BCUT2D eigenvalue weighted by Gasteiger charge is -2.41. The highest BCUT2D eigenvalue weighted by Crippen LogP contribution is 2.43. The fourth-order valence-corrected chi connectivity index (χ4v) is 5.98. The smallest absolute Gasteiger partial charge is 0.316 e. The predicted octanol–water partition coefficient (Wildman–Crippen LogP) is 4.15. The molecule has 2 aromatic carbocycles. The third-order valence-corrected chi connectivity index (χ3v) is 7.84. The van der Waals surface area contributed by atoms with Crippen molar-refractivity contribution in [3.63, 3.8) is 0 Å². The molecular weight excluding hydrogens is 529 g/mol. The van der Waals surface area contributed by atoms with E-state index >= 15 is 0 Å². The second-order valence-corrected chi connectivity index (χ2v) is 10.6. The standard InChI is InChI=1S/C25H28Cl2F2N4O4/c26-15-1-2-21-14(7-15)10-25(37-21)3-5-32(6-4-25)19-11-33(12-20(19)34)18-9-22(36-13-23(28)29)16(27)8-17(18)31-24(30)35/h1-2,7-9,19-20,23,34H,3-6,10-13H2,(H3,30,31,35). The Morgan fingerprint density at radius 2 is 2.00 bits per heavy atom. The first-order valence-electron chi connectivity index (χ1n) is 12.1. The number of nitrogens with two attached hydrogens (primary N) is 1. The van der Waals surface area contributed by atoms with E-state index in [1.165, 1.54) is 12.1 Å². The highest BCUT2D eigenvalue weighted by molar-refractivity contribution is 6.32. The summed E-state index contributed by atoms with van der Waals surface area (Å²) in [4.78, 5) is 15.7. The Morgan fingerprint density at radius 1 is 1.24 bits per heavy atom. The topological polar surface area (TPSA) is 100 Å². The van der Waals surface area contributed by atoms with E-state index in [4.69, 9.17) is 38.4 Å². The number of halogens is 4. The zero-order valence-electron chi connectivity index (χ0n) is 19.9. The van der Waals surface area contributed by atoms with Gasteiger partial charge in [0.25, 0.3) is 6.43 Å². The Morgan fingerprint density at radius 3 is 2.70 bits per heavy atom. The Hall–Kier alpha value is -2.53. The molecule has 2 fully saturated rings. The van der Waals surface area contributed by atoms with Gasteiger partial charge >= 0.3 is 6.03 Å². The van der Waals surface area contributed by atoms with Gasteiger partial charge in [-0.2, -0.15) is 0 Å². The minimum absolute atomic E-state index is 0.0582. The quantitative estimate of drug-likeness (QED) is 0.494. The van der Waals surface area contributed by atoms with Crippen molar-refractivity contribution in [3.8, 4) is 11.5 Å². The maximum atomic E-state index is 12.7. The van der Waals surface area contributed by atoms with Gasteiger partial charge in [-0.1, -0.05) is 23.2 Å². The first-order valence-corrected chi connectivity index (χ1v) is 12.8. The zero-order valence-corrected chi connectivity index (χ0v) is 21.4. The number of benzene rings is 2. The molecule has 3 heterocycles. The number of aliphatic hydroxyl groups is 1. The molecule has 0 aromatic heterocycles. The van der Waals surface area contributed by atoms with Gasteiger partial charge in [0.1, 0.15) is 23.7 Å². The number of nitrogens with one attached hydrogen (secondary N) is 1. The van der Waals surface area contributed by atoms with E-state index in [0.29, 0.717) is 22.9 Å². The summed E-state index contributed by atoms with van der Waals surface area (Å²) in [6, 6.07) is 7.65. The van der Waals surface area contributed by atoms with Gasteiger partial charge in [-0.3, -0.25) is 4.90 Å². The molecule has 2 saturated heterocycles. The summed E-state index contributed by atoms with van der Waals surface area (Å²) in [6.45, 7) is 1.39. The number of hydrogen-bond donors (Lipinski definition) is 3. The largest absolute Gasteiger partial charge is 0.487 e. The predicted molar refractivity (Wildman–Crippen MR) is 137 cm³/mol. The minimum atomic E-state index is -2.67.